The lowest BCUT2D eigenvalue weighted by atomic mass is 10.2. The summed E-state index contributed by atoms with van der Waals surface area (Å²) in [5.74, 6) is -0.223. The van der Waals surface area contributed by atoms with Crippen LogP contribution in [0.1, 0.15) is 6.92 Å². The lowest BCUT2D eigenvalue weighted by Crippen LogP contribution is -2.60. The van der Waals surface area contributed by atoms with E-state index in [9.17, 15) is 4.79 Å². The van der Waals surface area contributed by atoms with E-state index in [-0.39, 0.29) is 17.0 Å². The predicted molar refractivity (Wildman–Crippen MR) is 49.1 cm³/mol. The van der Waals surface area contributed by atoms with Gasteiger partial charge in [0.25, 0.3) is 0 Å². The fraction of sp³-hybridized carbons (Fsp3) is 0.857. The zero-order valence-electron chi connectivity index (χ0n) is 7.13. The Morgan fingerprint density at radius 1 is 1.67 bits per heavy atom. The number of carbonyl (C=O) groups excluding carboxylic acids is 1. The van der Waals surface area contributed by atoms with Gasteiger partial charge >= 0.3 is 5.97 Å². The molecular formula is C7H13BrN2O2. The molecule has 1 saturated heterocycles. The molecule has 2 N–H and O–H groups in total. The molecule has 0 spiro atoms. The van der Waals surface area contributed by atoms with E-state index in [1.165, 1.54) is 7.11 Å². The van der Waals surface area contributed by atoms with Gasteiger partial charge in [-0.1, -0.05) is 15.9 Å². The summed E-state index contributed by atoms with van der Waals surface area (Å²) in [6.07, 6.45) is 0. The van der Waals surface area contributed by atoms with Gasteiger partial charge in [0.05, 0.1) is 12.1 Å². The number of hydrogen-bond acceptors (Lipinski definition) is 4. The van der Waals surface area contributed by atoms with Crippen molar-refractivity contribution in [3.05, 3.63) is 0 Å². The number of nitrogens with one attached hydrogen (secondary N) is 2. The summed E-state index contributed by atoms with van der Waals surface area (Å²) in [6, 6.07) is 0.0847. The summed E-state index contributed by atoms with van der Waals surface area (Å²) >= 11 is 3.41. The summed E-state index contributed by atoms with van der Waals surface area (Å²) in [7, 11) is 1.39. The van der Waals surface area contributed by atoms with Crippen molar-refractivity contribution < 1.29 is 9.53 Å². The summed E-state index contributed by atoms with van der Waals surface area (Å²) in [4.78, 5) is 11.2. The predicted octanol–water partition coefficient (Wildman–Crippen LogP) is -0.170. The zero-order chi connectivity index (χ0) is 9.14. The van der Waals surface area contributed by atoms with Gasteiger partial charge < -0.3 is 10.1 Å². The Hall–Kier alpha value is -0.130. The van der Waals surface area contributed by atoms with Gasteiger partial charge in [0.15, 0.2) is 0 Å². The molecule has 0 aliphatic carbocycles. The molecule has 1 fully saturated rings. The third-order valence-corrected chi connectivity index (χ3v) is 2.99. The normalized spacial score (nSPS) is 36.1. The molecular weight excluding hydrogens is 224 g/mol. The van der Waals surface area contributed by atoms with Crippen molar-refractivity contribution in [1.29, 1.82) is 0 Å². The summed E-state index contributed by atoms with van der Waals surface area (Å²) in [6.45, 7) is 2.66. The molecule has 1 heterocycles. The molecule has 0 radical (unpaired) electrons. The minimum Gasteiger partial charge on any atom is -0.468 e. The third kappa shape index (κ3) is 2.18. The molecule has 12 heavy (non-hydrogen) atoms. The Morgan fingerprint density at radius 3 is 2.83 bits per heavy atom. The monoisotopic (exact) mass is 236 g/mol. The molecule has 0 aromatic heterocycles. The molecule has 0 bridgehead atoms. The van der Waals surface area contributed by atoms with Crippen LogP contribution in [0.15, 0.2) is 0 Å². The van der Waals surface area contributed by atoms with Crippen LogP contribution in [0.25, 0.3) is 0 Å². The molecule has 1 aliphatic rings. The second-order valence-corrected chi connectivity index (χ2v) is 3.83. The van der Waals surface area contributed by atoms with Crippen LogP contribution in [-0.4, -0.2) is 36.7 Å². The number of alkyl halides is 1. The highest BCUT2D eigenvalue weighted by atomic mass is 79.9. The van der Waals surface area contributed by atoms with Crippen molar-refractivity contribution >= 4 is 21.9 Å². The highest BCUT2D eigenvalue weighted by molar-refractivity contribution is 9.09. The van der Waals surface area contributed by atoms with Crippen LogP contribution in [0.5, 0.6) is 0 Å². The van der Waals surface area contributed by atoms with Gasteiger partial charge in [0.2, 0.25) is 0 Å². The van der Waals surface area contributed by atoms with Crippen molar-refractivity contribution in [1.82, 2.24) is 10.6 Å². The van der Waals surface area contributed by atoms with Crippen molar-refractivity contribution in [3.63, 3.8) is 0 Å². The highest BCUT2D eigenvalue weighted by Gasteiger charge is 2.29. The number of carbonyl (C=O) groups is 1. The number of methoxy groups -OCH3 is 1. The maximum absolute atomic E-state index is 11.1. The maximum atomic E-state index is 11.1. The van der Waals surface area contributed by atoms with E-state index in [0.717, 1.165) is 0 Å². The first-order valence-corrected chi connectivity index (χ1v) is 4.78. The first-order chi connectivity index (χ1) is 5.65. The quantitative estimate of drug-likeness (QED) is 0.377. The van der Waals surface area contributed by atoms with Gasteiger partial charge in [0, 0.05) is 12.6 Å². The van der Waals surface area contributed by atoms with E-state index in [1.54, 1.807) is 0 Å². The van der Waals surface area contributed by atoms with Gasteiger partial charge in [-0.15, -0.1) is 0 Å². The van der Waals surface area contributed by atoms with Gasteiger partial charge in [0.1, 0.15) is 6.04 Å². The van der Waals surface area contributed by atoms with Gasteiger partial charge in [-0.05, 0) is 6.92 Å². The van der Waals surface area contributed by atoms with E-state index in [4.69, 9.17) is 0 Å². The van der Waals surface area contributed by atoms with E-state index >= 15 is 0 Å². The number of hydrogen-bond donors (Lipinski definition) is 2. The van der Waals surface area contributed by atoms with Crippen molar-refractivity contribution in [2.75, 3.05) is 13.7 Å². The number of ether oxygens (including phenoxy) is 1. The standard InChI is InChI=1S/C7H13BrN2O2/c1-4-6(8)10-5(3-9-4)7(11)12-2/h4-6,9-10H,3H2,1-2H3. The van der Waals surface area contributed by atoms with E-state index in [1.807, 2.05) is 6.92 Å². The Balaban J connectivity index is 2.45. The molecule has 0 amide bonds. The molecule has 1 rings (SSSR count). The smallest absolute Gasteiger partial charge is 0.324 e. The Kier molecular flexibility index (Phi) is 3.49. The summed E-state index contributed by atoms with van der Waals surface area (Å²) in [5.41, 5.74) is 0. The SMILES string of the molecule is COC(=O)C1CNC(C)C(Br)N1. The highest BCUT2D eigenvalue weighted by Crippen LogP contribution is 2.08. The van der Waals surface area contributed by atoms with Crippen LogP contribution in [0, 0.1) is 0 Å². The van der Waals surface area contributed by atoms with Crippen LogP contribution in [0.2, 0.25) is 0 Å². The lowest BCUT2D eigenvalue weighted by Gasteiger charge is -2.31. The molecule has 3 atom stereocenters. The van der Waals surface area contributed by atoms with Crippen molar-refractivity contribution in [2.24, 2.45) is 0 Å². The fourth-order valence-electron chi connectivity index (χ4n) is 1.10. The fourth-order valence-corrected chi connectivity index (χ4v) is 1.60. The topological polar surface area (TPSA) is 50.4 Å². The number of rotatable bonds is 1. The van der Waals surface area contributed by atoms with Crippen LogP contribution in [0.4, 0.5) is 0 Å². The average Bonchev–Trinajstić information content (AvgIpc) is 2.08. The number of esters is 1. The molecule has 4 nitrogen and oxygen atoms in total. The molecule has 3 unspecified atom stereocenters. The average molecular weight is 237 g/mol. The van der Waals surface area contributed by atoms with Crippen LogP contribution < -0.4 is 10.6 Å². The van der Waals surface area contributed by atoms with Crippen molar-refractivity contribution in [2.45, 2.75) is 24.0 Å². The summed E-state index contributed by atoms with van der Waals surface area (Å²) < 4.78 is 4.61. The number of piperazine rings is 1. The van der Waals surface area contributed by atoms with Gasteiger partial charge in [-0.25, -0.2) is 0 Å². The molecule has 0 aromatic carbocycles. The van der Waals surface area contributed by atoms with Gasteiger partial charge in [-0.2, -0.15) is 0 Å². The van der Waals surface area contributed by atoms with Gasteiger partial charge in [-0.3, -0.25) is 10.1 Å². The first kappa shape index (κ1) is 9.95. The molecule has 1 aliphatic heterocycles. The molecule has 0 aromatic rings. The lowest BCUT2D eigenvalue weighted by molar-refractivity contribution is -0.143. The second-order valence-electron chi connectivity index (χ2n) is 2.84. The molecule has 5 heteroatoms. The minimum absolute atomic E-state index is 0.121. The van der Waals surface area contributed by atoms with Crippen LogP contribution >= 0.6 is 15.9 Å². The van der Waals surface area contributed by atoms with Crippen LogP contribution in [-0.2, 0) is 9.53 Å². The maximum Gasteiger partial charge on any atom is 0.324 e. The van der Waals surface area contributed by atoms with E-state index in [0.29, 0.717) is 12.6 Å². The largest absolute Gasteiger partial charge is 0.468 e. The molecule has 70 valence electrons. The van der Waals surface area contributed by atoms with Crippen molar-refractivity contribution in [3.8, 4) is 0 Å². The van der Waals surface area contributed by atoms with E-state index < -0.39 is 0 Å². The minimum atomic E-state index is -0.240. The Labute approximate surface area is 80.2 Å². The molecule has 0 saturated carbocycles. The van der Waals surface area contributed by atoms with E-state index in [2.05, 4.69) is 31.3 Å². The number of halogens is 1. The first-order valence-electron chi connectivity index (χ1n) is 3.86. The zero-order valence-corrected chi connectivity index (χ0v) is 8.72. The Morgan fingerprint density at radius 2 is 2.33 bits per heavy atom. The summed E-state index contributed by atoms with van der Waals surface area (Å²) in [5, 5.41) is 6.28. The van der Waals surface area contributed by atoms with Crippen LogP contribution in [0.3, 0.4) is 0 Å². The second kappa shape index (κ2) is 4.20. The Bertz CT molecular complexity index is 177. The third-order valence-electron chi connectivity index (χ3n) is 1.93.